The van der Waals surface area contributed by atoms with E-state index < -0.39 is 0 Å². The lowest BCUT2D eigenvalue weighted by molar-refractivity contribution is -0.113. The summed E-state index contributed by atoms with van der Waals surface area (Å²) in [5.41, 5.74) is 3.04. The fourth-order valence-electron chi connectivity index (χ4n) is 4.58. The Kier molecular flexibility index (Phi) is 9.28. The molecule has 43 heavy (non-hydrogen) atoms. The molecule has 1 heterocycles. The summed E-state index contributed by atoms with van der Waals surface area (Å²) in [6.07, 6.45) is 5.31. The lowest BCUT2D eigenvalue weighted by Crippen LogP contribution is -2.23. The molecule has 0 atom stereocenters. The molecule has 5 rings (SSSR count). The smallest absolute Gasteiger partial charge is 0.186 e. The van der Waals surface area contributed by atoms with Gasteiger partial charge in [-0.3, -0.25) is 9.59 Å². The van der Waals surface area contributed by atoms with Gasteiger partial charge in [0.2, 0.25) is 0 Å². The van der Waals surface area contributed by atoms with Gasteiger partial charge >= 0.3 is 0 Å². The van der Waals surface area contributed by atoms with Crippen LogP contribution in [0.3, 0.4) is 0 Å². The predicted octanol–water partition coefficient (Wildman–Crippen LogP) is 5.01. The van der Waals surface area contributed by atoms with Gasteiger partial charge in [-0.25, -0.2) is 9.97 Å². The summed E-state index contributed by atoms with van der Waals surface area (Å²) in [4.78, 5) is 36.1. The summed E-state index contributed by atoms with van der Waals surface area (Å²) in [5.74, 6) is 1.53. The molecule has 0 saturated carbocycles. The Morgan fingerprint density at radius 2 is 1.70 bits per heavy atom. The summed E-state index contributed by atoms with van der Waals surface area (Å²) >= 11 is 0. The Morgan fingerprint density at radius 1 is 0.860 bits per heavy atom. The number of nitrogens with zero attached hydrogens (tertiary/aromatic N) is 3. The average molecular weight is 581 g/mol. The minimum absolute atomic E-state index is 0.256. The van der Waals surface area contributed by atoms with Crippen LogP contribution in [0.2, 0.25) is 0 Å². The number of methoxy groups -OCH3 is 2. The highest BCUT2D eigenvalue weighted by molar-refractivity contribution is 6.34. The first-order chi connectivity index (χ1) is 21.0. The van der Waals surface area contributed by atoms with Crippen LogP contribution in [0.15, 0.2) is 85.2 Å². The molecular formula is C33H32N4O6. The molecule has 4 aromatic rings. The molecule has 1 N–H and O–H groups in total. The topological polar surface area (TPSA) is 112 Å². The third kappa shape index (κ3) is 6.99. The van der Waals surface area contributed by atoms with E-state index in [0.717, 1.165) is 5.69 Å². The van der Waals surface area contributed by atoms with E-state index in [-0.39, 0.29) is 17.1 Å². The molecule has 0 amide bonds. The molecule has 0 bridgehead atoms. The Hall–Kier alpha value is -5.22. The van der Waals surface area contributed by atoms with Gasteiger partial charge in [-0.1, -0.05) is 18.2 Å². The number of anilines is 3. The minimum Gasteiger partial charge on any atom is -0.493 e. The van der Waals surface area contributed by atoms with Crippen molar-refractivity contribution in [2.24, 2.45) is 0 Å². The van der Waals surface area contributed by atoms with Crippen molar-refractivity contribution in [1.29, 1.82) is 0 Å². The number of likely N-dealkylation sites (N-methyl/N-ethyl adjacent to an activating group) is 1. The maximum atomic E-state index is 12.9. The van der Waals surface area contributed by atoms with E-state index in [1.165, 1.54) is 24.6 Å². The minimum atomic E-state index is -0.282. The van der Waals surface area contributed by atoms with Crippen LogP contribution in [-0.2, 0) is 14.3 Å². The van der Waals surface area contributed by atoms with Gasteiger partial charge in [0.1, 0.15) is 31.1 Å². The molecule has 0 aliphatic heterocycles. The molecule has 0 fully saturated rings. The second-order valence-corrected chi connectivity index (χ2v) is 9.68. The number of hydrogen-bond donors (Lipinski definition) is 1. The average Bonchev–Trinajstić information content (AvgIpc) is 3.03. The van der Waals surface area contributed by atoms with Gasteiger partial charge in [-0.05, 0) is 54.6 Å². The number of para-hydroxylation sites is 1. The largest absolute Gasteiger partial charge is 0.493 e. The first-order valence-electron chi connectivity index (χ1n) is 13.7. The zero-order valence-corrected chi connectivity index (χ0v) is 24.2. The van der Waals surface area contributed by atoms with Gasteiger partial charge in [-0.2, -0.15) is 0 Å². The number of benzene rings is 3. The summed E-state index contributed by atoms with van der Waals surface area (Å²) in [7, 11) is 5.16. The van der Waals surface area contributed by atoms with Crippen molar-refractivity contribution in [3.63, 3.8) is 0 Å². The van der Waals surface area contributed by atoms with Crippen molar-refractivity contribution in [2.45, 2.75) is 0 Å². The maximum absolute atomic E-state index is 12.9. The lowest BCUT2D eigenvalue weighted by atomic mass is 9.94. The number of carbonyl (C=O) groups is 2. The number of hydrogen-bond acceptors (Lipinski definition) is 10. The maximum Gasteiger partial charge on any atom is 0.186 e. The van der Waals surface area contributed by atoms with Crippen LogP contribution in [0.4, 0.5) is 17.2 Å². The van der Waals surface area contributed by atoms with E-state index in [9.17, 15) is 9.59 Å². The van der Waals surface area contributed by atoms with Gasteiger partial charge in [-0.15, -0.1) is 0 Å². The molecule has 0 spiro atoms. The number of ether oxygens (including phenoxy) is 4. The Balaban J connectivity index is 1.44. The number of ketones is 2. The monoisotopic (exact) mass is 580 g/mol. The highest BCUT2D eigenvalue weighted by Gasteiger charge is 2.21. The third-order valence-electron chi connectivity index (χ3n) is 6.84. The first-order valence-corrected chi connectivity index (χ1v) is 13.7. The van der Waals surface area contributed by atoms with E-state index in [0.29, 0.717) is 71.6 Å². The molecule has 0 unspecified atom stereocenters. The van der Waals surface area contributed by atoms with E-state index in [1.807, 2.05) is 43.4 Å². The van der Waals surface area contributed by atoms with Crippen LogP contribution in [0.25, 0.3) is 16.5 Å². The zero-order valence-electron chi connectivity index (χ0n) is 24.2. The third-order valence-corrected chi connectivity index (χ3v) is 6.84. The molecule has 3 aromatic carbocycles. The Morgan fingerprint density at radius 3 is 2.49 bits per heavy atom. The number of fused-ring (bicyclic) bond motifs is 1. The van der Waals surface area contributed by atoms with Crippen molar-refractivity contribution in [3.05, 3.63) is 90.8 Å². The number of carbonyl (C=O) groups excluding carboxylic acids is 2. The Labute approximate surface area is 249 Å². The quantitative estimate of drug-likeness (QED) is 0.171. The molecule has 220 valence electrons. The predicted molar refractivity (Wildman–Crippen MR) is 166 cm³/mol. The van der Waals surface area contributed by atoms with Crippen LogP contribution in [0.5, 0.6) is 17.2 Å². The molecule has 0 radical (unpaired) electrons. The van der Waals surface area contributed by atoms with Crippen LogP contribution in [0.1, 0.15) is 5.56 Å². The highest BCUT2D eigenvalue weighted by Crippen LogP contribution is 2.37. The summed E-state index contributed by atoms with van der Waals surface area (Å²) in [6, 6.07) is 19.0. The van der Waals surface area contributed by atoms with Crippen LogP contribution < -0.4 is 24.4 Å². The number of aromatic nitrogens is 2. The molecule has 10 nitrogen and oxygen atoms in total. The second kappa shape index (κ2) is 13.6. The molecule has 1 aliphatic carbocycles. The van der Waals surface area contributed by atoms with Gasteiger partial charge in [0.05, 0.1) is 25.8 Å². The summed E-state index contributed by atoms with van der Waals surface area (Å²) in [6.45, 7) is 1.84. The van der Waals surface area contributed by atoms with E-state index in [4.69, 9.17) is 18.9 Å². The normalized spacial score (nSPS) is 12.7. The molecule has 0 saturated heterocycles. The van der Waals surface area contributed by atoms with Gasteiger partial charge in [0.25, 0.3) is 0 Å². The molecular weight excluding hydrogens is 548 g/mol. The zero-order chi connectivity index (χ0) is 30.2. The fraction of sp³-hybridized carbons (Fsp3) is 0.212. The second-order valence-electron chi connectivity index (χ2n) is 9.68. The summed E-state index contributed by atoms with van der Waals surface area (Å²) < 4.78 is 22.5. The molecule has 10 heteroatoms. The number of allylic oxidation sites excluding steroid dienone is 4. The van der Waals surface area contributed by atoms with Crippen molar-refractivity contribution in [2.75, 3.05) is 57.8 Å². The van der Waals surface area contributed by atoms with E-state index in [2.05, 4.69) is 20.2 Å². The summed E-state index contributed by atoms with van der Waals surface area (Å²) in [5, 5.41) is 4.01. The van der Waals surface area contributed by atoms with Gasteiger partial charge in [0.15, 0.2) is 23.1 Å². The number of rotatable bonds is 13. The van der Waals surface area contributed by atoms with Crippen molar-refractivity contribution >= 4 is 45.2 Å². The molecule has 1 aliphatic rings. The molecule has 1 aromatic heterocycles. The van der Waals surface area contributed by atoms with Crippen molar-refractivity contribution < 1.29 is 28.5 Å². The SMILES string of the molecule is COCCOc1cc2ncnc(Nc3ccc(OCCN(C)c4ccccc4)cc3C3=CC(=O)C=CC3=O)c2cc1OC. The van der Waals surface area contributed by atoms with Crippen LogP contribution >= 0.6 is 0 Å². The van der Waals surface area contributed by atoms with E-state index in [1.54, 1.807) is 38.5 Å². The van der Waals surface area contributed by atoms with Crippen molar-refractivity contribution in [3.8, 4) is 17.2 Å². The lowest BCUT2D eigenvalue weighted by Gasteiger charge is -2.20. The Bertz CT molecular complexity index is 1690. The number of nitrogens with one attached hydrogen (secondary N) is 1. The van der Waals surface area contributed by atoms with Gasteiger partial charge < -0.3 is 29.2 Å². The first kappa shape index (κ1) is 29.3. The van der Waals surface area contributed by atoms with Crippen LogP contribution in [0, 0.1) is 0 Å². The van der Waals surface area contributed by atoms with Gasteiger partial charge in [0, 0.05) is 48.1 Å². The van der Waals surface area contributed by atoms with E-state index >= 15 is 0 Å². The highest BCUT2D eigenvalue weighted by atomic mass is 16.5. The fourth-order valence-corrected chi connectivity index (χ4v) is 4.58. The standard InChI is InChI=1S/C33H32N4O6/c1-37(22-7-5-4-6-8-22)13-14-42-24-10-11-28(25(18-24)26-17-23(38)9-12-30(26)39)36-33-27-19-31(41-3)32(43-16-15-40-2)20-29(27)34-21-35-33/h4-12,17-21H,13-16H2,1-3H3,(H,34,35,36). The van der Waals surface area contributed by atoms with Crippen molar-refractivity contribution in [1.82, 2.24) is 9.97 Å². The van der Waals surface area contributed by atoms with Crippen LogP contribution in [-0.4, -0.2) is 69.2 Å².